The van der Waals surface area contributed by atoms with Gasteiger partial charge in [-0.25, -0.2) is 4.39 Å². The van der Waals surface area contributed by atoms with Crippen LogP contribution in [0.5, 0.6) is 0 Å². The molecule has 1 heterocycles. The van der Waals surface area contributed by atoms with Crippen LogP contribution >= 0.6 is 0 Å². The van der Waals surface area contributed by atoms with Crippen molar-refractivity contribution in [3.63, 3.8) is 0 Å². The Hall–Kier alpha value is -0.930. The number of rotatable bonds is 7. The van der Waals surface area contributed by atoms with Crippen LogP contribution in [-0.4, -0.2) is 30.6 Å². The lowest BCUT2D eigenvalue weighted by atomic mass is 9.99. The predicted octanol–water partition coefficient (Wildman–Crippen LogP) is 4.13. The molecule has 1 aliphatic rings. The quantitative estimate of drug-likeness (QED) is 0.813. The fraction of sp³-hybridized carbons (Fsp3) is 0.667. The number of hydrogen-bond donors (Lipinski definition) is 1. The molecule has 2 nitrogen and oxygen atoms in total. The third-order valence-electron chi connectivity index (χ3n) is 4.44. The Balaban J connectivity index is 2.09. The van der Waals surface area contributed by atoms with Crippen molar-refractivity contribution < 1.29 is 4.39 Å². The van der Waals surface area contributed by atoms with E-state index in [9.17, 15) is 4.39 Å². The van der Waals surface area contributed by atoms with Gasteiger partial charge in [0.05, 0.1) is 0 Å². The molecule has 1 aromatic rings. The Kier molecular flexibility index (Phi) is 6.65. The van der Waals surface area contributed by atoms with E-state index >= 15 is 0 Å². The summed E-state index contributed by atoms with van der Waals surface area (Å²) in [7, 11) is 0. The topological polar surface area (TPSA) is 15.3 Å². The van der Waals surface area contributed by atoms with Gasteiger partial charge in [0.25, 0.3) is 0 Å². The monoisotopic (exact) mass is 292 g/mol. The van der Waals surface area contributed by atoms with Gasteiger partial charge in [0.15, 0.2) is 0 Å². The molecule has 0 aliphatic carbocycles. The zero-order chi connectivity index (χ0) is 15.1. The number of nitrogens with zero attached hydrogens (tertiary/aromatic N) is 1. The molecule has 2 unspecified atom stereocenters. The summed E-state index contributed by atoms with van der Waals surface area (Å²) >= 11 is 0. The predicted molar refractivity (Wildman–Crippen MR) is 86.9 cm³/mol. The highest BCUT2D eigenvalue weighted by atomic mass is 19.1. The highest BCUT2D eigenvalue weighted by Gasteiger charge is 2.23. The van der Waals surface area contributed by atoms with Gasteiger partial charge in [-0.05, 0) is 56.5 Å². The van der Waals surface area contributed by atoms with Crippen molar-refractivity contribution in [2.75, 3.05) is 19.6 Å². The number of halogens is 1. The van der Waals surface area contributed by atoms with Gasteiger partial charge >= 0.3 is 0 Å². The van der Waals surface area contributed by atoms with Crippen LogP contribution in [0.2, 0.25) is 0 Å². The van der Waals surface area contributed by atoms with E-state index in [2.05, 4.69) is 30.1 Å². The Morgan fingerprint density at radius 2 is 2.19 bits per heavy atom. The molecular formula is C18H29FN2. The van der Waals surface area contributed by atoms with Crippen LogP contribution in [0.15, 0.2) is 24.3 Å². The van der Waals surface area contributed by atoms with E-state index in [0.717, 1.165) is 38.0 Å². The Labute approximate surface area is 128 Å². The van der Waals surface area contributed by atoms with Crippen molar-refractivity contribution in [1.82, 2.24) is 10.2 Å². The molecular weight excluding hydrogens is 263 g/mol. The van der Waals surface area contributed by atoms with Gasteiger partial charge in [0, 0.05) is 18.6 Å². The lowest BCUT2D eigenvalue weighted by molar-refractivity contribution is 0.161. The molecule has 118 valence electrons. The number of benzene rings is 1. The molecule has 1 saturated heterocycles. The van der Waals surface area contributed by atoms with E-state index in [1.165, 1.54) is 25.3 Å². The second kappa shape index (κ2) is 8.50. The average molecular weight is 292 g/mol. The van der Waals surface area contributed by atoms with Crippen molar-refractivity contribution in [2.45, 2.75) is 58.0 Å². The molecule has 3 heteroatoms. The third-order valence-corrected chi connectivity index (χ3v) is 4.44. The maximum absolute atomic E-state index is 13.5. The minimum absolute atomic E-state index is 0.127. The minimum atomic E-state index is -0.127. The second-order valence-corrected chi connectivity index (χ2v) is 6.12. The SMILES string of the molecule is CCCN(CC1CCCCN1)C(CC)c1cccc(F)c1. The number of piperidine rings is 1. The van der Waals surface area contributed by atoms with Crippen molar-refractivity contribution in [1.29, 1.82) is 0 Å². The Bertz CT molecular complexity index is 415. The van der Waals surface area contributed by atoms with Gasteiger partial charge < -0.3 is 5.32 Å². The van der Waals surface area contributed by atoms with Crippen molar-refractivity contribution in [3.8, 4) is 0 Å². The van der Waals surface area contributed by atoms with Crippen LogP contribution in [0.4, 0.5) is 4.39 Å². The van der Waals surface area contributed by atoms with Crippen LogP contribution in [0.1, 0.15) is 57.6 Å². The molecule has 0 amide bonds. The minimum Gasteiger partial charge on any atom is -0.313 e. The zero-order valence-electron chi connectivity index (χ0n) is 13.4. The average Bonchev–Trinajstić information content (AvgIpc) is 2.49. The van der Waals surface area contributed by atoms with Gasteiger partial charge in [-0.1, -0.05) is 32.4 Å². The van der Waals surface area contributed by atoms with Crippen molar-refractivity contribution >= 4 is 0 Å². The summed E-state index contributed by atoms with van der Waals surface area (Å²) in [6, 6.07) is 8.04. The maximum Gasteiger partial charge on any atom is 0.123 e. The lowest BCUT2D eigenvalue weighted by Crippen LogP contribution is -2.45. The second-order valence-electron chi connectivity index (χ2n) is 6.12. The summed E-state index contributed by atoms with van der Waals surface area (Å²) in [4.78, 5) is 2.54. The molecule has 0 saturated carbocycles. The van der Waals surface area contributed by atoms with Crippen molar-refractivity contribution in [3.05, 3.63) is 35.6 Å². The molecule has 0 radical (unpaired) electrons. The number of nitrogens with one attached hydrogen (secondary N) is 1. The molecule has 1 aromatic carbocycles. The molecule has 2 rings (SSSR count). The van der Waals surface area contributed by atoms with Crippen molar-refractivity contribution in [2.24, 2.45) is 0 Å². The zero-order valence-corrected chi connectivity index (χ0v) is 13.4. The first-order valence-electron chi connectivity index (χ1n) is 8.47. The van der Waals surface area contributed by atoms with E-state index in [0.29, 0.717) is 12.1 Å². The summed E-state index contributed by atoms with van der Waals surface area (Å²) in [5, 5.41) is 3.63. The summed E-state index contributed by atoms with van der Waals surface area (Å²) in [5.74, 6) is -0.127. The molecule has 0 spiro atoms. The first-order chi connectivity index (χ1) is 10.2. The van der Waals surface area contributed by atoms with E-state index in [4.69, 9.17) is 0 Å². The normalized spacial score (nSPS) is 20.7. The third kappa shape index (κ3) is 4.79. The van der Waals surface area contributed by atoms with E-state index in [1.807, 2.05) is 6.07 Å². The highest BCUT2D eigenvalue weighted by Crippen LogP contribution is 2.26. The summed E-state index contributed by atoms with van der Waals surface area (Å²) in [6.07, 6.45) is 6.05. The van der Waals surface area contributed by atoms with Gasteiger partial charge in [-0.2, -0.15) is 0 Å². The van der Waals surface area contributed by atoms with Crippen LogP contribution in [-0.2, 0) is 0 Å². The van der Waals surface area contributed by atoms with Crippen LogP contribution in [0, 0.1) is 5.82 Å². The van der Waals surface area contributed by atoms with Gasteiger partial charge in [-0.3, -0.25) is 4.90 Å². The first kappa shape index (κ1) is 16.4. The Morgan fingerprint density at radius 3 is 2.81 bits per heavy atom. The maximum atomic E-state index is 13.5. The lowest BCUT2D eigenvalue weighted by Gasteiger charge is -2.36. The standard InChI is InChI=1S/C18H29FN2/c1-3-12-21(14-17-10-5-6-11-20-17)18(4-2)15-8-7-9-16(19)13-15/h7-9,13,17-18,20H,3-6,10-12,14H2,1-2H3. The number of hydrogen-bond acceptors (Lipinski definition) is 2. The van der Waals surface area contributed by atoms with Crippen LogP contribution in [0.25, 0.3) is 0 Å². The van der Waals surface area contributed by atoms with Gasteiger partial charge in [0.2, 0.25) is 0 Å². The van der Waals surface area contributed by atoms with Gasteiger partial charge in [0.1, 0.15) is 5.82 Å². The summed E-state index contributed by atoms with van der Waals surface area (Å²) in [5.41, 5.74) is 1.11. The van der Waals surface area contributed by atoms with E-state index < -0.39 is 0 Å². The molecule has 0 aromatic heterocycles. The summed E-state index contributed by atoms with van der Waals surface area (Å²) < 4.78 is 13.5. The first-order valence-corrected chi connectivity index (χ1v) is 8.47. The van der Waals surface area contributed by atoms with E-state index in [1.54, 1.807) is 6.07 Å². The molecule has 1 fully saturated rings. The fourth-order valence-corrected chi connectivity index (χ4v) is 3.44. The van der Waals surface area contributed by atoms with Crippen LogP contribution < -0.4 is 5.32 Å². The smallest absolute Gasteiger partial charge is 0.123 e. The van der Waals surface area contributed by atoms with Crippen LogP contribution in [0.3, 0.4) is 0 Å². The largest absolute Gasteiger partial charge is 0.313 e. The molecule has 1 aliphatic heterocycles. The molecule has 0 bridgehead atoms. The molecule has 1 N–H and O–H groups in total. The molecule has 21 heavy (non-hydrogen) atoms. The van der Waals surface area contributed by atoms with E-state index in [-0.39, 0.29) is 5.82 Å². The Morgan fingerprint density at radius 1 is 1.33 bits per heavy atom. The fourth-order valence-electron chi connectivity index (χ4n) is 3.44. The summed E-state index contributed by atoms with van der Waals surface area (Å²) in [6.45, 7) is 7.71. The highest BCUT2D eigenvalue weighted by molar-refractivity contribution is 5.20. The van der Waals surface area contributed by atoms with Gasteiger partial charge in [-0.15, -0.1) is 0 Å². The molecule has 2 atom stereocenters.